The summed E-state index contributed by atoms with van der Waals surface area (Å²) in [6, 6.07) is 4.85. The number of ether oxygens (including phenoxy) is 1. The first-order valence-electron chi connectivity index (χ1n) is 8.42. The molecule has 9 heteroatoms. The lowest BCUT2D eigenvalue weighted by Gasteiger charge is -2.11. The number of carbonyl (C=O) groups excluding carboxylic acids is 1. The van der Waals surface area contributed by atoms with Crippen LogP contribution in [0.5, 0.6) is 5.75 Å². The molecule has 144 valence electrons. The lowest BCUT2D eigenvalue weighted by molar-refractivity contribution is -0.114. The van der Waals surface area contributed by atoms with Gasteiger partial charge in [-0.05, 0) is 43.5 Å². The van der Waals surface area contributed by atoms with Crippen molar-refractivity contribution in [1.82, 2.24) is 9.88 Å². The average Bonchev–Trinajstić information content (AvgIpc) is 3.36. The van der Waals surface area contributed by atoms with Crippen molar-refractivity contribution >= 4 is 33.8 Å². The predicted molar refractivity (Wildman–Crippen MR) is 101 cm³/mol. The van der Waals surface area contributed by atoms with Crippen LogP contribution in [-0.2, 0) is 14.8 Å². The van der Waals surface area contributed by atoms with Crippen molar-refractivity contribution in [2.24, 2.45) is 0 Å². The molecule has 1 amide bonds. The maximum atomic E-state index is 12.6. The summed E-state index contributed by atoms with van der Waals surface area (Å²) in [5, 5.41) is 6.51. The molecule has 0 spiro atoms. The number of benzene rings is 1. The van der Waals surface area contributed by atoms with Crippen LogP contribution in [0.1, 0.15) is 36.8 Å². The van der Waals surface area contributed by atoms with E-state index in [0.29, 0.717) is 22.7 Å². The minimum absolute atomic E-state index is 0.00344. The van der Waals surface area contributed by atoms with Crippen molar-refractivity contribution in [3.05, 3.63) is 35.2 Å². The number of aryl methyl sites for hydroxylation is 1. The zero-order valence-corrected chi connectivity index (χ0v) is 16.1. The van der Waals surface area contributed by atoms with Crippen molar-refractivity contribution in [2.75, 3.05) is 12.4 Å². The molecular formula is C18H21N3O5S. The fraction of sp³-hybridized carbons (Fsp3) is 0.333. The topological polar surface area (TPSA) is 111 Å². The van der Waals surface area contributed by atoms with Gasteiger partial charge in [0.05, 0.1) is 7.11 Å². The van der Waals surface area contributed by atoms with E-state index in [2.05, 4.69) is 15.2 Å². The third-order valence-corrected chi connectivity index (χ3v) is 5.54. The molecule has 1 saturated carbocycles. The van der Waals surface area contributed by atoms with Crippen LogP contribution in [0.4, 0.5) is 5.69 Å². The molecule has 0 radical (unpaired) electrons. The highest BCUT2D eigenvalue weighted by Crippen LogP contribution is 2.29. The van der Waals surface area contributed by atoms with Gasteiger partial charge in [-0.25, -0.2) is 13.1 Å². The van der Waals surface area contributed by atoms with Crippen LogP contribution >= 0.6 is 0 Å². The van der Waals surface area contributed by atoms with Crippen molar-refractivity contribution in [1.29, 1.82) is 0 Å². The van der Waals surface area contributed by atoms with E-state index in [4.69, 9.17) is 9.26 Å². The van der Waals surface area contributed by atoms with E-state index >= 15 is 0 Å². The van der Waals surface area contributed by atoms with Crippen LogP contribution in [0, 0.1) is 6.92 Å². The predicted octanol–water partition coefficient (Wildman–Crippen LogP) is 2.56. The molecule has 8 nitrogen and oxygen atoms in total. The Hall–Kier alpha value is -2.65. The van der Waals surface area contributed by atoms with Gasteiger partial charge in [-0.3, -0.25) is 4.79 Å². The summed E-state index contributed by atoms with van der Waals surface area (Å²) in [5.74, 6) is 0.411. The second kappa shape index (κ2) is 7.53. The van der Waals surface area contributed by atoms with Gasteiger partial charge in [0.1, 0.15) is 22.0 Å². The van der Waals surface area contributed by atoms with E-state index in [1.165, 1.54) is 20.1 Å². The number of hydrogen-bond acceptors (Lipinski definition) is 6. The van der Waals surface area contributed by atoms with E-state index in [1.54, 1.807) is 31.2 Å². The van der Waals surface area contributed by atoms with Gasteiger partial charge in [0.2, 0.25) is 15.9 Å². The molecule has 1 aromatic carbocycles. The molecule has 1 heterocycles. The minimum Gasteiger partial charge on any atom is -0.495 e. The van der Waals surface area contributed by atoms with Crippen LogP contribution in [0.2, 0.25) is 0 Å². The smallest absolute Gasteiger partial charge is 0.244 e. The summed E-state index contributed by atoms with van der Waals surface area (Å²) in [7, 11) is -2.24. The number of anilines is 1. The van der Waals surface area contributed by atoms with Gasteiger partial charge in [-0.2, -0.15) is 0 Å². The zero-order valence-electron chi connectivity index (χ0n) is 15.3. The van der Waals surface area contributed by atoms with Gasteiger partial charge in [0.15, 0.2) is 5.76 Å². The summed E-state index contributed by atoms with van der Waals surface area (Å²) >= 11 is 0. The molecule has 1 aliphatic carbocycles. The molecule has 0 saturated heterocycles. The molecule has 2 aromatic rings. The van der Waals surface area contributed by atoms with Crippen molar-refractivity contribution < 1.29 is 22.5 Å². The molecule has 1 fully saturated rings. The van der Waals surface area contributed by atoms with Gasteiger partial charge < -0.3 is 14.6 Å². The first kappa shape index (κ1) is 19.1. The highest BCUT2D eigenvalue weighted by Gasteiger charge is 2.29. The number of rotatable bonds is 7. The monoisotopic (exact) mass is 391 g/mol. The lowest BCUT2D eigenvalue weighted by atomic mass is 10.2. The van der Waals surface area contributed by atoms with E-state index in [9.17, 15) is 13.2 Å². The van der Waals surface area contributed by atoms with E-state index in [0.717, 1.165) is 12.8 Å². The summed E-state index contributed by atoms with van der Waals surface area (Å²) in [6.45, 7) is 3.11. The first-order valence-corrected chi connectivity index (χ1v) is 9.91. The number of amides is 1. The fourth-order valence-corrected chi connectivity index (χ4v) is 4.00. The Morgan fingerprint density at radius 3 is 2.70 bits per heavy atom. The number of carbonyl (C=O) groups is 1. The summed E-state index contributed by atoms with van der Waals surface area (Å²) < 4.78 is 38.2. The highest BCUT2D eigenvalue weighted by molar-refractivity contribution is 7.89. The first-order chi connectivity index (χ1) is 12.8. The molecule has 0 unspecified atom stereocenters. The Bertz CT molecular complexity index is 990. The molecule has 3 rings (SSSR count). The van der Waals surface area contributed by atoms with Gasteiger partial charge in [-0.15, -0.1) is 0 Å². The number of nitrogens with one attached hydrogen (secondary N) is 2. The summed E-state index contributed by atoms with van der Waals surface area (Å²) in [5.41, 5.74) is 1.67. The average molecular weight is 391 g/mol. The van der Waals surface area contributed by atoms with E-state index < -0.39 is 10.0 Å². The lowest BCUT2D eigenvalue weighted by Crippen LogP contribution is -2.26. The van der Waals surface area contributed by atoms with Gasteiger partial charge >= 0.3 is 0 Å². The normalized spacial score (nSPS) is 14.5. The second-order valence-electron chi connectivity index (χ2n) is 6.33. The second-order valence-corrected chi connectivity index (χ2v) is 8.01. The Morgan fingerprint density at radius 2 is 2.07 bits per heavy atom. The van der Waals surface area contributed by atoms with Gasteiger partial charge in [0.25, 0.3) is 0 Å². The minimum atomic E-state index is -3.67. The Labute approximate surface area is 157 Å². The third kappa shape index (κ3) is 4.55. The van der Waals surface area contributed by atoms with Crippen LogP contribution in [-0.4, -0.2) is 32.6 Å². The highest BCUT2D eigenvalue weighted by atomic mass is 32.2. The maximum Gasteiger partial charge on any atom is 0.244 e. The standard InChI is InChI=1S/C18H21N3O5S/c1-11-18(19-12(2)22)16(26-20-11)9-5-13-4-8-15(25-3)17(10-13)27(23,24)21-14-6-7-14/h4-5,8-10,14,21H,6-7H2,1-3H3,(H,19,22). The number of hydrogen-bond donors (Lipinski definition) is 2. The van der Waals surface area contributed by atoms with Gasteiger partial charge in [-0.1, -0.05) is 17.3 Å². The van der Waals surface area contributed by atoms with Crippen molar-refractivity contribution in [2.45, 2.75) is 37.6 Å². The number of nitrogens with zero attached hydrogens (tertiary/aromatic N) is 1. The molecule has 1 aromatic heterocycles. The molecule has 0 atom stereocenters. The van der Waals surface area contributed by atoms with Crippen molar-refractivity contribution in [3.63, 3.8) is 0 Å². The van der Waals surface area contributed by atoms with Gasteiger partial charge in [0, 0.05) is 13.0 Å². The summed E-state index contributed by atoms with van der Waals surface area (Å²) in [4.78, 5) is 11.4. The number of sulfonamides is 1. The molecule has 1 aliphatic rings. The number of methoxy groups -OCH3 is 1. The molecule has 0 bridgehead atoms. The molecular weight excluding hydrogens is 370 g/mol. The zero-order chi connectivity index (χ0) is 19.6. The van der Waals surface area contributed by atoms with Crippen LogP contribution in [0.25, 0.3) is 12.2 Å². The largest absolute Gasteiger partial charge is 0.495 e. The Balaban J connectivity index is 1.91. The van der Waals surface area contributed by atoms with Crippen LogP contribution in [0.15, 0.2) is 27.6 Å². The van der Waals surface area contributed by atoms with Crippen LogP contribution in [0.3, 0.4) is 0 Å². The van der Waals surface area contributed by atoms with Crippen LogP contribution < -0.4 is 14.8 Å². The third-order valence-electron chi connectivity index (χ3n) is 3.99. The molecule has 0 aliphatic heterocycles. The van der Waals surface area contributed by atoms with E-state index in [-0.39, 0.29) is 22.6 Å². The maximum absolute atomic E-state index is 12.6. The fourth-order valence-electron chi connectivity index (χ4n) is 2.49. The Morgan fingerprint density at radius 1 is 1.33 bits per heavy atom. The molecule has 27 heavy (non-hydrogen) atoms. The number of aromatic nitrogens is 1. The SMILES string of the molecule is COc1ccc(C=Cc2onc(C)c2NC(C)=O)cc1S(=O)(=O)NC1CC1. The quantitative estimate of drug-likeness (QED) is 0.750. The van der Waals surface area contributed by atoms with Crippen molar-refractivity contribution in [3.8, 4) is 5.75 Å². The summed E-state index contributed by atoms with van der Waals surface area (Å²) in [6.07, 6.45) is 4.99. The van der Waals surface area contributed by atoms with E-state index in [1.807, 2.05) is 0 Å². The Kier molecular flexibility index (Phi) is 5.33. The molecule has 2 N–H and O–H groups in total.